The third kappa shape index (κ3) is 7.22. The summed E-state index contributed by atoms with van der Waals surface area (Å²) in [6.45, 7) is 9.72. The zero-order valence-corrected chi connectivity index (χ0v) is 24.2. The number of hydrogen-bond acceptors (Lipinski definition) is 5. The van der Waals surface area contributed by atoms with E-state index in [1.165, 1.54) is 17.1 Å². The number of aromatic nitrogens is 5. The molecule has 0 amide bonds. The number of Topliss-reactive ketones (excluding diaryl/α,β-unsaturated/α-hetero) is 1. The Labute approximate surface area is 238 Å². The van der Waals surface area contributed by atoms with Crippen molar-refractivity contribution in [2.24, 2.45) is 5.92 Å². The molecule has 1 atom stereocenters. The molecule has 0 radical (unpaired) electrons. The molecule has 10 heteroatoms. The van der Waals surface area contributed by atoms with E-state index >= 15 is 0 Å². The lowest BCUT2D eigenvalue weighted by molar-refractivity contribution is -0.141. The second kappa shape index (κ2) is 13.4. The molecule has 0 aliphatic rings. The number of imidazole rings is 1. The van der Waals surface area contributed by atoms with E-state index in [2.05, 4.69) is 22.0 Å². The number of ether oxygens (including phenoxy) is 1. The van der Waals surface area contributed by atoms with E-state index in [1.54, 1.807) is 16.8 Å². The molecule has 0 saturated carbocycles. The molecule has 7 nitrogen and oxygen atoms in total. The van der Waals surface area contributed by atoms with Crippen molar-refractivity contribution in [1.82, 2.24) is 24.1 Å². The molecule has 220 valence electrons. The zero-order chi connectivity index (χ0) is 29.6. The van der Waals surface area contributed by atoms with Gasteiger partial charge in [-0.1, -0.05) is 52.3 Å². The fraction of sp³-hybridized carbons (Fsp3) is 0.484. The molecule has 0 aliphatic heterocycles. The molecular weight excluding hydrogens is 531 g/mol. The van der Waals surface area contributed by atoms with Gasteiger partial charge in [-0.15, -0.1) is 0 Å². The molecule has 1 unspecified atom stereocenters. The molecule has 3 heterocycles. The van der Waals surface area contributed by atoms with Crippen molar-refractivity contribution in [3.63, 3.8) is 0 Å². The lowest BCUT2D eigenvalue weighted by Crippen LogP contribution is -2.11. The highest BCUT2D eigenvalue weighted by Gasteiger charge is 2.38. The maximum atomic E-state index is 14.0. The van der Waals surface area contributed by atoms with Crippen molar-refractivity contribution in [2.45, 2.75) is 78.9 Å². The van der Waals surface area contributed by atoms with Crippen molar-refractivity contribution in [2.75, 3.05) is 13.2 Å². The average molecular weight is 570 g/mol. The van der Waals surface area contributed by atoms with Crippen LogP contribution in [0.3, 0.4) is 0 Å². The molecule has 1 aromatic carbocycles. The summed E-state index contributed by atoms with van der Waals surface area (Å²) in [6, 6.07) is 5.79. The van der Waals surface area contributed by atoms with Crippen LogP contribution in [0.1, 0.15) is 86.3 Å². The van der Waals surface area contributed by atoms with E-state index in [0.717, 1.165) is 29.5 Å². The van der Waals surface area contributed by atoms with Crippen LogP contribution in [0.15, 0.2) is 43.0 Å². The summed E-state index contributed by atoms with van der Waals surface area (Å²) >= 11 is 0. The van der Waals surface area contributed by atoms with Crippen molar-refractivity contribution in [3.8, 4) is 11.3 Å². The Hall–Kier alpha value is -3.53. The van der Waals surface area contributed by atoms with Gasteiger partial charge in [0.15, 0.2) is 17.1 Å². The number of rotatable bonds is 14. The molecule has 0 aliphatic carbocycles. The van der Waals surface area contributed by atoms with Gasteiger partial charge >= 0.3 is 6.18 Å². The van der Waals surface area contributed by atoms with E-state index in [9.17, 15) is 18.0 Å². The number of carbonyl (C=O) groups is 1. The van der Waals surface area contributed by atoms with E-state index in [4.69, 9.17) is 4.74 Å². The van der Waals surface area contributed by atoms with Gasteiger partial charge in [0.1, 0.15) is 0 Å². The Morgan fingerprint density at radius 1 is 1.12 bits per heavy atom. The van der Waals surface area contributed by atoms with Gasteiger partial charge in [-0.3, -0.25) is 18.9 Å². The van der Waals surface area contributed by atoms with Crippen molar-refractivity contribution < 1.29 is 22.7 Å². The number of carbonyl (C=O) groups excluding carboxylic acids is 1. The van der Waals surface area contributed by atoms with Crippen LogP contribution in [0, 0.1) is 5.92 Å². The number of alkyl halides is 3. The molecule has 0 spiro atoms. The van der Waals surface area contributed by atoms with Crippen LogP contribution in [0.25, 0.3) is 16.9 Å². The summed E-state index contributed by atoms with van der Waals surface area (Å²) in [6.07, 6.45) is 5.53. The van der Waals surface area contributed by atoms with Crippen molar-refractivity contribution in [3.05, 3.63) is 71.1 Å². The SMILES string of the molecule is CCCOCCCC(=O)c1ccc(Cc2nccn3c(-c4cn(CC(C)CC)nc4C(F)(F)F)cnc23)cc1CC. The molecule has 41 heavy (non-hydrogen) atoms. The van der Waals surface area contributed by atoms with Gasteiger partial charge in [0.25, 0.3) is 0 Å². The van der Waals surface area contributed by atoms with Crippen LogP contribution in [-0.4, -0.2) is 43.1 Å². The first kappa shape index (κ1) is 30.4. The van der Waals surface area contributed by atoms with Crippen LogP contribution < -0.4 is 0 Å². The highest BCUT2D eigenvalue weighted by molar-refractivity contribution is 5.97. The monoisotopic (exact) mass is 569 g/mol. The molecule has 3 aromatic heterocycles. The maximum Gasteiger partial charge on any atom is 0.435 e. The summed E-state index contributed by atoms with van der Waals surface area (Å²) in [7, 11) is 0. The van der Waals surface area contributed by atoms with E-state index in [0.29, 0.717) is 62.5 Å². The van der Waals surface area contributed by atoms with E-state index in [-0.39, 0.29) is 17.3 Å². The number of benzene rings is 1. The lowest BCUT2D eigenvalue weighted by atomic mass is 9.95. The Morgan fingerprint density at radius 2 is 1.93 bits per heavy atom. The summed E-state index contributed by atoms with van der Waals surface area (Å²) in [5, 5.41) is 3.90. The van der Waals surface area contributed by atoms with Crippen molar-refractivity contribution in [1.29, 1.82) is 0 Å². The van der Waals surface area contributed by atoms with Gasteiger partial charge in [-0.2, -0.15) is 18.3 Å². The Morgan fingerprint density at radius 3 is 2.63 bits per heavy atom. The summed E-state index contributed by atoms with van der Waals surface area (Å²) < 4.78 is 50.4. The third-order valence-electron chi connectivity index (χ3n) is 7.27. The van der Waals surface area contributed by atoms with Gasteiger partial charge in [-0.05, 0) is 36.3 Å². The number of nitrogens with zero attached hydrogens (tertiary/aromatic N) is 5. The average Bonchev–Trinajstić information content (AvgIpc) is 3.57. The second-order valence-corrected chi connectivity index (χ2v) is 10.5. The topological polar surface area (TPSA) is 74.3 Å². The maximum absolute atomic E-state index is 14.0. The minimum absolute atomic E-state index is 0.0123. The first-order chi connectivity index (χ1) is 19.7. The minimum atomic E-state index is -4.60. The summed E-state index contributed by atoms with van der Waals surface area (Å²) in [5.41, 5.74) is 3.12. The fourth-order valence-corrected chi connectivity index (χ4v) is 4.89. The number of hydrogen-bond donors (Lipinski definition) is 0. The third-order valence-corrected chi connectivity index (χ3v) is 7.27. The fourth-order valence-electron chi connectivity index (χ4n) is 4.89. The Balaban J connectivity index is 1.60. The molecule has 0 bridgehead atoms. The first-order valence-electron chi connectivity index (χ1n) is 14.3. The minimum Gasteiger partial charge on any atom is -0.381 e. The predicted molar refractivity (Wildman–Crippen MR) is 152 cm³/mol. The summed E-state index contributed by atoms with van der Waals surface area (Å²) in [4.78, 5) is 21.8. The largest absolute Gasteiger partial charge is 0.435 e. The normalized spacial score (nSPS) is 12.8. The predicted octanol–water partition coefficient (Wildman–Crippen LogP) is 7.20. The zero-order valence-electron chi connectivity index (χ0n) is 24.2. The number of aryl methyl sites for hydroxylation is 1. The molecule has 0 fully saturated rings. The Bertz CT molecular complexity index is 1470. The molecular formula is C31H38F3N5O2. The molecule has 0 N–H and O–H groups in total. The van der Waals surface area contributed by atoms with Crippen LogP contribution in [0.4, 0.5) is 13.2 Å². The molecule has 0 saturated heterocycles. The Kier molecular flexibility index (Phi) is 9.96. The highest BCUT2D eigenvalue weighted by Crippen LogP contribution is 2.36. The smallest absolute Gasteiger partial charge is 0.381 e. The van der Waals surface area contributed by atoms with Crippen LogP contribution in [0.5, 0.6) is 0 Å². The summed E-state index contributed by atoms with van der Waals surface area (Å²) in [5.74, 6) is 0.289. The quantitative estimate of drug-likeness (QED) is 0.119. The number of ketones is 1. The standard InChI is InChI=1S/C31H38F3N5O2/c1-5-14-41-15-8-9-28(40)24-11-10-22(16-23(24)7-3)17-26-30-36-18-27(39(30)13-12-35-26)25-20-38(19-21(4)6-2)37-29(25)31(32,33)34/h10-13,16,18,20-21H,5-9,14-15,17,19H2,1-4H3. The van der Waals surface area contributed by atoms with Gasteiger partial charge in [-0.25, -0.2) is 4.98 Å². The van der Waals surface area contributed by atoms with Gasteiger partial charge in [0.2, 0.25) is 0 Å². The van der Waals surface area contributed by atoms with E-state index < -0.39 is 11.9 Å². The van der Waals surface area contributed by atoms with Gasteiger partial charge in [0.05, 0.1) is 23.1 Å². The molecule has 4 rings (SSSR count). The lowest BCUT2D eigenvalue weighted by Gasteiger charge is -2.11. The van der Waals surface area contributed by atoms with Crippen LogP contribution >= 0.6 is 0 Å². The van der Waals surface area contributed by atoms with Gasteiger partial charge < -0.3 is 4.74 Å². The number of halogens is 3. The highest BCUT2D eigenvalue weighted by atomic mass is 19.4. The van der Waals surface area contributed by atoms with Crippen LogP contribution in [-0.2, 0) is 30.3 Å². The molecule has 4 aromatic rings. The first-order valence-corrected chi connectivity index (χ1v) is 14.3. The van der Waals surface area contributed by atoms with Crippen molar-refractivity contribution >= 4 is 11.4 Å². The second-order valence-electron chi connectivity index (χ2n) is 10.5. The number of fused-ring (bicyclic) bond motifs is 1. The van der Waals surface area contributed by atoms with E-state index in [1.807, 2.05) is 39.0 Å². The van der Waals surface area contributed by atoms with Gasteiger partial charge in [0, 0.05) is 56.8 Å². The van der Waals surface area contributed by atoms with Crippen LogP contribution in [0.2, 0.25) is 0 Å².